The molecule has 4 rings (SSSR count). The van der Waals surface area contributed by atoms with E-state index in [-0.39, 0.29) is 6.54 Å². The molecule has 1 heterocycles. The van der Waals surface area contributed by atoms with E-state index < -0.39 is 18.7 Å². The Hall–Kier alpha value is -4.59. The topological polar surface area (TPSA) is 102 Å². The first-order valence-electron chi connectivity index (χ1n) is 10.5. The van der Waals surface area contributed by atoms with Gasteiger partial charge in [-0.2, -0.15) is 0 Å². The highest BCUT2D eigenvalue weighted by molar-refractivity contribution is 5.87. The first kappa shape index (κ1) is 22.6. The summed E-state index contributed by atoms with van der Waals surface area (Å²) in [6.45, 7) is -0.510. The Bertz CT molecular complexity index is 1210. The lowest BCUT2D eigenvalue weighted by Gasteiger charge is -2.20. The number of carbonyl (C=O) groups excluding carboxylic acids is 1. The number of aromatic nitrogens is 1. The van der Waals surface area contributed by atoms with E-state index in [1.807, 2.05) is 60.7 Å². The van der Waals surface area contributed by atoms with Crippen LogP contribution in [-0.2, 0) is 16.1 Å². The number of carboxylic acid groups (broad SMARTS) is 1. The van der Waals surface area contributed by atoms with Crippen LogP contribution in [0.4, 0.5) is 10.5 Å². The maximum absolute atomic E-state index is 12.6. The number of anilines is 1. The average Bonchev–Trinajstić information content (AvgIpc) is 3.31. The van der Waals surface area contributed by atoms with E-state index in [0.29, 0.717) is 28.8 Å². The Balaban J connectivity index is 1.70. The van der Waals surface area contributed by atoms with Crippen LogP contribution in [0, 0.1) is 0 Å². The van der Waals surface area contributed by atoms with Crippen molar-refractivity contribution in [2.45, 2.75) is 6.54 Å². The lowest BCUT2D eigenvalue weighted by molar-refractivity contribution is -0.139. The van der Waals surface area contributed by atoms with Crippen molar-refractivity contribution in [2.75, 3.05) is 18.6 Å². The summed E-state index contributed by atoms with van der Waals surface area (Å²) in [6, 6.07) is 25.7. The number of nitrogens with zero attached hydrogens (tertiary/aromatic N) is 2. The van der Waals surface area contributed by atoms with Crippen molar-refractivity contribution >= 4 is 17.7 Å². The van der Waals surface area contributed by atoms with Gasteiger partial charge in [0.1, 0.15) is 18.0 Å². The summed E-state index contributed by atoms with van der Waals surface area (Å²) < 4.78 is 16.4. The summed E-state index contributed by atoms with van der Waals surface area (Å²) in [5, 5.41) is 8.86. The Morgan fingerprint density at radius 3 is 2.26 bits per heavy atom. The molecular weight excluding hydrogens is 436 g/mol. The minimum Gasteiger partial charge on any atom is -0.482 e. The van der Waals surface area contributed by atoms with Gasteiger partial charge >= 0.3 is 12.1 Å². The fourth-order valence-electron chi connectivity index (χ4n) is 3.40. The number of ether oxygens (including phenoxy) is 2. The molecule has 1 N–H and O–H groups in total. The number of aliphatic carboxylic acids is 1. The number of benzene rings is 3. The molecule has 1 aromatic heterocycles. The number of hydrogen-bond donors (Lipinski definition) is 1. The summed E-state index contributed by atoms with van der Waals surface area (Å²) in [4.78, 5) is 29.5. The van der Waals surface area contributed by atoms with E-state index >= 15 is 0 Å². The van der Waals surface area contributed by atoms with Crippen LogP contribution >= 0.6 is 0 Å². The van der Waals surface area contributed by atoms with Gasteiger partial charge < -0.3 is 19.0 Å². The van der Waals surface area contributed by atoms with Crippen LogP contribution in [0.15, 0.2) is 89.3 Å². The number of amides is 1. The van der Waals surface area contributed by atoms with E-state index in [1.165, 1.54) is 12.0 Å². The maximum Gasteiger partial charge on any atom is 0.414 e. The summed E-state index contributed by atoms with van der Waals surface area (Å²) in [5.41, 5.74) is 2.83. The molecule has 0 fully saturated rings. The molecule has 8 nitrogen and oxygen atoms in total. The van der Waals surface area contributed by atoms with E-state index in [9.17, 15) is 9.59 Å². The number of methoxy groups -OCH3 is 1. The molecule has 0 atom stereocenters. The maximum atomic E-state index is 12.6. The quantitative estimate of drug-likeness (QED) is 0.385. The van der Waals surface area contributed by atoms with Crippen LogP contribution < -0.4 is 9.64 Å². The molecule has 172 valence electrons. The van der Waals surface area contributed by atoms with Crippen molar-refractivity contribution in [1.82, 2.24) is 4.98 Å². The van der Waals surface area contributed by atoms with E-state index in [4.69, 9.17) is 24.0 Å². The highest BCUT2D eigenvalue weighted by Gasteiger charge is 2.23. The van der Waals surface area contributed by atoms with Crippen molar-refractivity contribution in [1.29, 1.82) is 0 Å². The van der Waals surface area contributed by atoms with Gasteiger partial charge in [0.25, 0.3) is 0 Å². The number of hydrogen-bond acceptors (Lipinski definition) is 6. The van der Waals surface area contributed by atoms with Crippen molar-refractivity contribution in [3.8, 4) is 28.3 Å². The van der Waals surface area contributed by atoms with Crippen LogP contribution in [0.3, 0.4) is 0 Å². The predicted molar refractivity (Wildman–Crippen MR) is 126 cm³/mol. The van der Waals surface area contributed by atoms with Gasteiger partial charge in [0.15, 0.2) is 12.4 Å². The molecule has 0 unspecified atom stereocenters. The highest BCUT2D eigenvalue weighted by Crippen LogP contribution is 2.33. The Morgan fingerprint density at radius 1 is 0.941 bits per heavy atom. The third kappa shape index (κ3) is 5.24. The van der Waals surface area contributed by atoms with Crippen molar-refractivity contribution in [3.05, 3.63) is 90.8 Å². The molecule has 1 amide bonds. The number of carboxylic acids is 1. The second-order valence-electron chi connectivity index (χ2n) is 7.25. The van der Waals surface area contributed by atoms with Crippen LogP contribution in [-0.4, -0.2) is 35.9 Å². The molecule has 0 aliphatic carbocycles. The Kier molecular flexibility index (Phi) is 6.88. The molecule has 0 saturated heterocycles. The largest absolute Gasteiger partial charge is 0.482 e. The fraction of sp³-hybridized carbons (Fsp3) is 0.115. The fourth-order valence-corrected chi connectivity index (χ4v) is 3.40. The van der Waals surface area contributed by atoms with Crippen molar-refractivity contribution in [2.24, 2.45) is 0 Å². The van der Waals surface area contributed by atoms with Crippen LogP contribution in [0.5, 0.6) is 5.75 Å². The minimum atomic E-state index is -1.10. The molecule has 0 aliphatic rings. The summed E-state index contributed by atoms with van der Waals surface area (Å²) >= 11 is 0. The SMILES string of the molecule is COC(=O)N(Cc1nc(-c2ccccc2)c(-c2ccccc2)o1)c1cccc(OCC(=O)O)c1. The number of rotatable bonds is 8. The molecule has 8 heteroatoms. The minimum absolute atomic E-state index is 0.0122. The third-order valence-electron chi connectivity index (χ3n) is 4.93. The first-order chi connectivity index (χ1) is 16.5. The van der Waals surface area contributed by atoms with Crippen LogP contribution in [0.1, 0.15) is 5.89 Å². The smallest absolute Gasteiger partial charge is 0.414 e. The summed E-state index contributed by atoms with van der Waals surface area (Å²) in [6.07, 6.45) is -0.629. The normalized spacial score (nSPS) is 10.5. The van der Waals surface area contributed by atoms with Crippen LogP contribution in [0.25, 0.3) is 22.6 Å². The van der Waals surface area contributed by atoms with Crippen molar-refractivity contribution < 1.29 is 28.6 Å². The second-order valence-corrected chi connectivity index (χ2v) is 7.25. The van der Waals surface area contributed by atoms with Gasteiger partial charge in [0.2, 0.25) is 5.89 Å². The zero-order chi connectivity index (χ0) is 23.9. The third-order valence-corrected chi connectivity index (χ3v) is 4.93. The van der Waals surface area contributed by atoms with Gasteiger partial charge in [-0.05, 0) is 12.1 Å². The van der Waals surface area contributed by atoms with Gasteiger partial charge in [-0.15, -0.1) is 0 Å². The van der Waals surface area contributed by atoms with E-state index in [1.54, 1.807) is 24.3 Å². The van der Waals surface area contributed by atoms with E-state index in [2.05, 4.69) is 0 Å². The first-order valence-corrected chi connectivity index (χ1v) is 10.5. The van der Waals surface area contributed by atoms with Gasteiger partial charge in [-0.25, -0.2) is 14.6 Å². The lowest BCUT2D eigenvalue weighted by Crippen LogP contribution is -2.30. The summed E-state index contributed by atoms with van der Waals surface area (Å²) in [5.74, 6) is 0.0955. The molecule has 0 spiro atoms. The highest BCUT2D eigenvalue weighted by atomic mass is 16.5. The lowest BCUT2D eigenvalue weighted by atomic mass is 10.1. The zero-order valence-corrected chi connectivity index (χ0v) is 18.4. The average molecular weight is 458 g/mol. The monoisotopic (exact) mass is 458 g/mol. The van der Waals surface area contributed by atoms with Crippen molar-refractivity contribution in [3.63, 3.8) is 0 Å². The second kappa shape index (κ2) is 10.4. The standard InChI is InChI=1S/C26H22N2O6/c1-32-26(31)28(20-13-8-14-21(15-20)33-17-23(29)30)16-22-27-24(18-9-4-2-5-10-18)25(34-22)19-11-6-3-7-12-19/h2-15H,16-17H2,1H3,(H,29,30). The molecule has 0 saturated carbocycles. The Morgan fingerprint density at radius 2 is 1.62 bits per heavy atom. The molecular formula is C26H22N2O6. The molecule has 0 bridgehead atoms. The molecule has 0 aliphatic heterocycles. The number of carbonyl (C=O) groups is 2. The van der Waals surface area contributed by atoms with Gasteiger partial charge in [-0.3, -0.25) is 4.90 Å². The van der Waals surface area contributed by atoms with Gasteiger partial charge in [0, 0.05) is 17.2 Å². The number of oxazole rings is 1. The molecule has 3 aromatic carbocycles. The summed E-state index contributed by atoms with van der Waals surface area (Å²) in [7, 11) is 1.28. The Labute approximate surface area is 196 Å². The van der Waals surface area contributed by atoms with Crippen LogP contribution in [0.2, 0.25) is 0 Å². The van der Waals surface area contributed by atoms with Gasteiger partial charge in [0.05, 0.1) is 12.8 Å². The van der Waals surface area contributed by atoms with Gasteiger partial charge in [-0.1, -0.05) is 66.7 Å². The molecule has 4 aromatic rings. The zero-order valence-electron chi connectivity index (χ0n) is 18.4. The molecule has 34 heavy (non-hydrogen) atoms. The molecule has 0 radical (unpaired) electrons. The predicted octanol–water partition coefficient (Wildman–Crippen LogP) is 5.25. The van der Waals surface area contributed by atoms with E-state index in [0.717, 1.165) is 11.1 Å².